The van der Waals surface area contributed by atoms with Crippen molar-refractivity contribution in [1.29, 1.82) is 0 Å². The van der Waals surface area contributed by atoms with Crippen LogP contribution in [-0.2, 0) is 11.3 Å². The molecule has 2 saturated heterocycles. The molecule has 0 radical (unpaired) electrons. The molecular formula is C32H32ClN5O4. The van der Waals surface area contributed by atoms with Crippen molar-refractivity contribution < 1.29 is 14.3 Å². The van der Waals surface area contributed by atoms with E-state index in [9.17, 15) is 14.4 Å². The number of piperazine rings is 1. The average Bonchev–Trinajstić information content (AvgIpc) is 3.58. The van der Waals surface area contributed by atoms with Crippen molar-refractivity contribution in [3.63, 3.8) is 0 Å². The predicted molar refractivity (Wildman–Crippen MR) is 162 cm³/mol. The smallest absolute Gasteiger partial charge is 0.410 e. The van der Waals surface area contributed by atoms with Crippen molar-refractivity contribution >= 4 is 40.3 Å². The Morgan fingerprint density at radius 2 is 1.83 bits per heavy atom. The molecule has 2 amide bonds. The van der Waals surface area contributed by atoms with Crippen LogP contribution in [0.2, 0.25) is 5.02 Å². The van der Waals surface area contributed by atoms with E-state index in [0.29, 0.717) is 40.1 Å². The van der Waals surface area contributed by atoms with Crippen LogP contribution >= 0.6 is 11.6 Å². The minimum Gasteiger partial charge on any atom is -0.444 e. The average molecular weight is 586 g/mol. The molecule has 2 fully saturated rings. The van der Waals surface area contributed by atoms with E-state index in [0.717, 1.165) is 17.9 Å². The molecule has 9 nitrogen and oxygen atoms in total. The van der Waals surface area contributed by atoms with Gasteiger partial charge in [-0.1, -0.05) is 29.8 Å². The molecule has 42 heavy (non-hydrogen) atoms. The van der Waals surface area contributed by atoms with E-state index in [1.165, 1.54) is 0 Å². The molecule has 0 spiro atoms. The van der Waals surface area contributed by atoms with Gasteiger partial charge in [0.1, 0.15) is 11.4 Å². The lowest BCUT2D eigenvalue weighted by molar-refractivity contribution is 0.0214. The van der Waals surface area contributed by atoms with E-state index in [2.05, 4.69) is 15.2 Å². The Morgan fingerprint density at radius 3 is 2.50 bits per heavy atom. The third-order valence-corrected chi connectivity index (χ3v) is 7.92. The highest BCUT2D eigenvalue weighted by molar-refractivity contribution is 6.31. The van der Waals surface area contributed by atoms with Crippen LogP contribution in [0.25, 0.3) is 16.6 Å². The van der Waals surface area contributed by atoms with Gasteiger partial charge in [0.2, 0.25) is 0 Å². The highest BCUT2D eigenvalue weighted by Gasteiger charge is 2.47. The van der Waals surface area contributed by atoms with Gasteiger partial charge in [0.15, 0.2) is 5.43 Å². The SMILES string of the molecule is CC(C)(C)OC(=O)N1C[C@@H]2C[C@H]1CN2c1ccc(C(=O)NCc2cn(-c3ccccc3)c3cc(Cl)ccc3c2=O)cn1. The van der Waals surface area contributed by atoms with Gasteiger partial charge in [-0.2, -0.15) is 0 Å². The minimum absolute atomic E-state index is 0.0567. The van der Waals surface area contributed by atoms with Gasteiger partial charge in [-0.25, -0.2) is 9.78 Å². The first-order chi connectivity index (χ1) is 20.1. The first-order valence-electron chi connectivity index (χ1n) is 14.0. The highest BCUT2D eigenvalue weighted by atomic mass is 35.5. The molecule has 10 heteroatoms. The van der Waals surface area contributed by atoms with Crippen LogP contribution in [0, 0.1) is 0 Å². The van der Waals surface area contributed by atoms with Gasteiger partial charge in [0.25, 0.3) is 5.91 Å². The van der Waals surface area contributed by atoms with E-state index < -0.39 is 5.60 Å². The van der Waals surface area contributed by atoms with Crippen LogP contribution in [0.1, 0.15) is 43.1 Å². The lowest BCUT2D eigenvalue weighted by Gasteiger charge is -2.35. The Bertz CT molecular complexity index is 1720. The maximum atomic E-state index is 13.3. The number of ether oxygens (including phenoxy) is 1. The molecule has 2 aliphatic rings. The number of likely N-dealkylation sites (tertiary alicyclic amines) is 1. The van der Waals surface area contributed by atoms with Gasteiger partial charge < -0.3 is 24.4 Å². The molecule has 4 heterocycles. The Hall–Kier alpha value is -4.37. The molecule has 1 N–H and O–H groups in total. The summed E-state index contributed by atoms with van der Waals surface area (Å²) in [5, 5.41) is 3.93. The van der Waals surface area contributed by atoms with Gasteiger partial charge in [0.05, 0.1) is 23.2 Å². The zero-order valence-electron chi connectivity index (χ0n) is 23.7. The van der Waals surface area contributed by atoms with Crippen LogP contribution in [0.3, 0.4) is 0 Å². The highest BCUT2D eigenvalue weighted by Crippen LogP contribution is 2.34. The van der Waals surface area contributed by atoms with Gasteiger partial charge in [0, 0.05) is 53.7 Å². The number of anilines is 1. The summed E-state index contributed by atoms with van der Waals surface area (Å²) in [7, 11) is 0. The number of halogens is 1. The number of carbonyl (C=O) groups excluding carboxylic acids is 2. The van der Waals surface area contributed by atoms with Crippen LogP contribution < -0.4 is 15.6 Å². The summed E-state index contributed by atoms with van der Waals surface area (Å²) in [4.78, 5) is 47.4. The third-order valence-electron chi connectivity index (χ3n) is 7.69. The Balaban J connectivity index is 1.14. The molecule has 2 aromatic carbocycles. The normalized spacial score (nSPS) is 18.0. The molecule has 0 aliphatic carbocycles. The van der Waals surface area contributed by atoms with Crippen LogP contribution in [0.15, 0.2) is 77.9 Å². The molecule has 6 rings (SSSR count). The molecule has 216 valence electrons. The summed E-state index contributed by atoms with van der Waals surface area (Å²) < 4.78 is 7.47. The number of benzene rings is 2. The number of fused-ring (bicyclic) bond motifs is 3. The second kappa shape index (κ2) is 10.8. The quantitative estimate of drug-likeness (QED) is 0.347. The first kappa shape index (κ1) is 27.8. The molecule has 0 unspecified atom stereocenters. The zero-order chi connectivity index (χ0) is 29.6. The molecule has 2 aliphatic heterocycles. The number of nitrogens with zero attached hydrogens (tertiary/aromatic N) is 4. The molecule has 2 aromatic heterocycles. The first-order valence-corrected chi connectivity index (χ1v) is 14.3. The third kappa shape index (κ3) is 5.44. The van der Waals surface area contributed by atoms with Crippen molar-refractivity contribution in [3.05, 3.63) is 99.4 Å². The summed E-state index contributed by atoms with van der Waals surface area (Å²) in [6.07, 6.45) is 3.88. The van der Waals surface area contributed by atoms with Crippen LogP contribution in [0.5, 0.6) is 0 Å². The summed E-state index contributed by atoms with van der Waals surface area (Å²) >= 11 is 6.25. The second-order valence-electron chi connectivity index (χ2n) is 11.8. The molecular weight excluding hydrogens is 554 g/mol. The van der Waals surface area contributed by atoms with E-state index >= 15 is 0 Å². The standard InChI is InChI=1S/C32H32ClN5O4/c1-32(2,3)42-31(41)38-19-24-14-25(38)18-37(24)28-12-9-20(15-34-28)30(40)35-16-21-17-36(23-7-5-4-6-8-23)27-13-22(33)10-11-26(27)29(21)39/h4-13,15,17,24-25H,14,16,18-19H2,1-3H3,(H,35,40)/t24-,25-/m0/s1. The minimum atomic E-state index is -0.530. The Morgan fingerprint density at radius 1 is 1.05 bits per heavy atom. The van der Waals surface area contributed by atoms with Crippen molar-refractivity contribution in [3.8, 4) is 5.69 Å². The lowest BCUT2D eigenvalue weighted by atomic mass is 10.1. The maximum absolute atomic E-state index is 13.3. The maximum Gasteiger partial charge on any atom is 0.410 e. The van der Waals surface area contributed by atoms with Crippen LogP contribution in [0.4, 0.5) is 10.6 Å². The largest absolute Gasteiger partial charge is 0.444 e. The van der Waals surface area contributed by atoms with Gasteiger partial charge >= 0.3 is 6.09 Å². The Kier molecular flexibility index (Phi) is 7.14. The molecule has 2 atom stereocenters. The van der Waals surface area contributed by atoms with Crippen molar-refractivity contribution in [1.82, 2.24) is 19.8 Å². The van der Waals surface area contributed by atoms with Crippen molar-refractivity contribution in [2.45, 2.75) is 51.4 Å². The van der Waals surface area contributed by atoms with E-state index in [1.54, 1.807) is 41.6 Å². The monoisotopic (exact) mass is 585 g/mol. The van der Waals surface area contributed by atoms with E-state index in [1.807, 2.05) is 61.7 Å². The topological polar surface area (TPSA) is 96.8 Å². The fourth-order valence-electron chi connectivity index (χ4n) is 5.74. The number of carbonyl (C=O) groups is 2. The number of aromatic nitrogens is 2. The fraction of sp³-hybridized carbons (Fsp3) is 0.312. The summed E-state index contributed by atoms with van der Waals surface area (Å²) in [5.41, 5.74) is 1.73. The number of hydrogen-bond donors (Lipinski definition) is 1. The fourth-order valence-corrected chi connectivity index (χ4v) is 5.91. The molecule has 4 aromatic rings. The van der Waals surface area contributed by atoms with E-state index in [4.69, 9.17) is 16.3 Å². The van der Waals surface area contributed by atoms with Crippen molar-refractivity contribution in [2.24, 2.45) is 0 Å². The predicted octanol–water partition coefficient (Wildman–Crippen LogP) is 5.17. The van der Waals surface area contributed by atoms with Gasteiger partial charge in [-0.05, 0) is 69.7 Å². The molecule has 0 saturated carbocycles. The zero-order valence-corrected chi connectivity index (χ0v) is 24.5. The van der Waals surface area contributed by atoms with E-state index in [-0.39, 0.29) is 36.1 Å². The number of nitrogens with one attached hydrogen (secondary N) is 1. The summed E-state index contributed by atoms with van der Waals surface area (Å²) in [5.74, 6) is 0.441. The lowest BCUT2D eigenvalue weighted by Crippen LogP contribution is -2.50. The number of amides is 2. The number of rotatable bonds is 5. The second-order valence-corrected chi connectivity index (χ2v) is 12.2. The Labute approximate surface area is 248 Å². The van der Waals surface area contributed by atoms with Gasteiger partial charge in [-0.15, -0.1) is 0 Å². The van der Waals surface area contributed by atoms with Crippen molar-refractivity contribution in [2.75, 3.05) is 18.0 Å². The number of para-hydroxylation sites is 1. The number of hydrogen-bond acceptors (Lipinski definition) is 6. The molecule has 2 bridgehead atoms. The number of pyridine rings is 2. The summed E-state index contributed by atoms with van der Waals surface area (Å²) in [6.45, 7) is 6.91. The van der Waals surface area contributed by atoms with Crippen LogP contribution in [-0.4, -0.2) is 57.2 Å². The summed E-state index contributed by atoms with van der Waals surface area (Å²) in [6, 6.07) is 18.6. The van der Waals surface area contributed by atoms with Gasteiger partial charge in [-0.3, -0.25) is 9.59 Å².